The number of hydrogen-bond donors (Lipinski definition) is 0. The summed E-state index contributed by atoms with van der Waals surface area (Å²) in [5.74, 6) is 2.01. The number of carbonyl (C=O) groups is 1. The molecule has 1 aromatic rings. The molecule has 22 heavy (non-hydrogen) atoms. The average molecular weight is 321 g/mol. The standard InChI is InChI=1S/C18H27NO2S/c1-14(2)19(15-6-4-5-7-15)18(20)12-13-22-17-10-8-16(21-3)9-11-17/h8-11,14-15H,4-7,12-13H2,1-3H3. The highest BCUT2D eigenvalue weighted by Crippen LogP contribution is 2.27. The zero-order chi connectivity index (χ0) is 15.9. The Kier molecular flexibility index (Phi) is 6.62. The van der Waals surface area contributed by atoms with Gasteiger partial charge in [0.1, 0.15) is 5.75 Å². The van der Waals surface area contributed by atoms with Gasteiger partial charge in [-0.1, -0.05) is 12.8 Å². The van der Waals surface area contributed by atoms with Gasteiger partial charge in [0.2, 0.25) is 5.91 Å². The van der Waals surface area contributed by atoms with Crippen LogP contribution in [0.4, 0.5) is 0 Å². The van der Waals surface area contributed by atoms with Gasteiger partial charge in [-0.25, -0.2) is 0 Å². The molecule has 0 bridgehead atoms. The lowest BCUT2D eigenvalue weighted by Crippen LogP contribution is -2.43. The molecule has 1 aliphatic carbocycles. The van der Waals surface area contributed by atoms with E-state index >= 15 is 0 Å². The molecule has 0 aromatic heterocycles. The summed E-state index contributed by atoms with van der Waals surface area (Å²) in [5, 5.41) is 0. The van der Waals surface area contributed by atoms with E-state index in [1.165, 1.54) is 30.6 Å². The number of thioether (sulfide) groups is 1. The minimum Gasteiger partial charge on any atom is -0.497 e. The number of rotatable bonds is 7. The first-order valence-corrected chi connectivity index (χ1v) is 9.18. The SMILES string of the molecule is COc1ccc(SCCC(=O)N(C(C)C)C2CCCC2)cc1. The monoisotopic (exact) mass is 321 g/mol. The van der Waals surface area contributed by atoms with Crippen LogP contribution in [0.5, 0.6) is 5.75 Å². The first-order chi connectivity index (χ1) is 10.6. The molecule has 4 heteroatoms. The zero-order valence-corrected chi connectivity index (χ0v) is 14.7. The van der Waals surface area contributed by atoms with E-state index in [4.69, 9.17) is 4.74 Å². The van der Waals surface area contributed by atoms with Crippen LogP contribution in [0.2, 0.25) is 0 Å². The average Bonchev–Trinajstić information content (AvgIpc) is 3.01. The lowest BCUT2D eigenvalue weighted by atomic mass is 10.1. The Bertz CT molecular complexity index is 466. The van der Waals surface area contributed by atoms with Crippen molar-refractivity contribution in [1.29, 1.82) is 0 Å². The second kappa shape index (κ2) is 8.47. The topological polar surface area (TPSA) is 29.5 Å². The van der Waals surface area contributed by atoms with E-state index in [9.17, 15) is 4.79 Å². The molecule has 0 saturated heterocycles. The zero-order valence-electron chi connectivity index (χ0n) is 13.9. The van der Waals surface area contributed by atoms with Gasteiger partial charge in [0.25, 0.3) is 0 Å². The molecule has 122 valence electrons. The van der Waals surface area contributed by atoms with Crippen LogP contribution < -0.4 is 4.74 Å². The molecule has 1 aliphatic rings. The molecule has 3 nitrogen and oxygen atoms in total. The van der Waals surface area contributed by atoms with Gasteiger partial charge in [-0.05, 0) is 51.0 Å². The normalized spacial score (nSPS) is 15.3. The van der Waals surface area contributed by atoms with Crippen molar-refractivity contribution < 1.29 is 9.53 Å². The second-order valence-corrected chi connectivity index (χ2v) is 7.28. The van der Waals surface area contributed by atoms with Crippen LogP contribution in [0.3, 0.4) is 0 Å². The summed E-state index contributed by atoms with van der Waals surface area (Å²) in [6.07, 6.45) is 5.50. The molecule has 0 spiro atoms. The predicted octanol–water partition coefficient (Wildman–Crippen LogP) is 4.36. The highest BCUT2D eigenvalue weighted by molar-refractivity contribution is 7.99. The van der Waals surface area contributed by atoms with Gasteiger partial charge < -0.3 is 9.64 Å². The molecule has 1 saturated carbocycles. The molecular formula is C18H27NO2S. The van der Waals surface area contributed by atoms with Crippen molar-refractivity contribution >= 4 is 17.7 Å². The predicted molar refractivity (Wildman–Crippen MR) is 92.6 cm³/mol. The molecule has 1 fully saturated rings. The van der Waals surface area contributed by atoms with Crippen molar-refractivity contribution in [2.75, 3.05) is 12.9 Å². The maximum atomic E-state index is 12.6. The number of methoxy groups -OCH3 is 1. The lowest BCUT2D eigenvalue weighted by molar-refractivity contribution is -0.134. The highest BCUT2D eigenvalue weighted by Gasteiger charge is 2.28. The summed E-state index contributed by atoms with van der Waals surface area (Å²) in [5.41, 5.74) is 0. The van der Waals surface area contributed by atoms with Crippen molar-refractivity contribution in [3.8, 4) is 5.75 Å². The number of benzene rings is 1. The fraction of sp³-hybridized carbons (Fsp3) is 0.611. The van der Waals surface area contributed by atoms with Crippen LogP contribution >= 0.6 is 11.8 Å². The van der Waals surface area contributed by atoms with Gasteiger partial charge in [0.15, 0.2) is 0 Å². The van der Waals surface area contributed by atoms with Crippen molar-refractivity contribution in [1.82, 2.24) is 4.90 Å². The molecule has 0 radical (unpaired) electrons. The third-order valence-electron chi connectivity index (χ3n) is 4.21. The maximum Gasteiger partial charge on any atom is 0.223 e. The fourth-order valence-corrected chi connectivity index (χ4v) is 3.99. The number of carbonyl (C=O) groups excluding carboxylic acids is 1. The Hall–Kier alpha value is -1.16. The molecule has 0 heterocycles. The van der Waals surface area contributed by atoms with Gasteiger partial charge in [-0.3, -0.25) is 4.79 Å². The summed E-state index contributed by atoms with van der Waals surface area (Å²) < 4.78 is 5.16. The Morgan fingerprint density at radius 2 is 1.91 bits per heavy atom. The van der Waals surface area contributed by atoms with E-state index in [1.807, 2.05) is 24.3 Å². The van der Waals surface area contributed by atoms with Crippen LogP contribution in [-0.2, 0) is 4.79 Å². The Morgan fingerprint density at radius 3 is 2.45 bits per heavy atom. The summed E-state index contributed by atoms with van der Waals surface area (Å²) in [6, 6.07) is 8.79. The van der Waals surface area contributed by atoms with Gasteiger partial charge in [0.05, 0.1) is 7.11 Å². The number of amides is 1. The van der Waals surface area contributed by atoms with Crippen LogP contribution in [0.1, 0.15) is 46.0 Å². The fourth-order valence-electron chi connectivity index (χ4n) is 3.15. The highest BCUT2D eigenvalue weighted by atomic mass is 32.2. The molecule has 0 atom stereocenters. The van der Waals surface area contributed by atoms with E-state index in [1.54, 1.807) is 18.9 Å². The molecule has 0 N–H and O–H groups in total. The van der Waals surface area contributed by atoms with E-state index in [-0.39, 0.29) is 0 Å². The van der Waals surface area contributed by atoms with Gasteiger partial charge in [-0.15, -0.1) is 11.8 Å². The van der Waals surface area contributed by atoms with Gasteiger partial charge in [0, 0.05) is 29.2 Å². The number of hydrogen-bond acceptors (Lipinski definition) is 3. The Balaban J connectivity index is 1.82. The molecule has 1 aromatic carbocycles. The minimum atomic E-state index is 0.307. The van der Waals surface area contributed by atoms with Gasteiger partial charge in [-0.2, -0.15) is 0 Å². The van der Waals surface area contributed by atoms with Crippen molar-refractivity contribution in [2.24, 2.45) is 0 Å². The van der Waals surface area contributed by atoms with E-state index in [0.29, 0.717) is 24.4 Å². The quantitative estimate of drug-likeness (QED) is 0.699. The first kappa shape index (κ1) is 17.2. The molecule has 2 rings (SSSR count). The minimum absolute atomic E-state index is 0.307. The lowest BCUT2D eigenvalue weighted by Gasteiger charge is -2.33. The third kappa shape index (κ3) is 4.67. The Morgan fingerprint density at radius 1 is 1.27 bits per heavy atom. The van der Waals surface area contributed by atoms with Gasteiger partial charge >= 0.3 is 0 Å². The summed E-state index contributed by atoms with van der Waals surface area (Å²) >= 11 is 1.74. The second-order valence-electron chi connectivity index (χ2n) is 6.11. The maximum absolute atomic E-state index is 12.6. The van der Waals surface area contributed by atoms with Crippen molar-refractivity contribution in [3.05, 3.63) is 24.3 Å². The van der Waals surface area contributed by atoms with E-state index in [2.05, 4.69) is 18.7 Å². The molecule has 1 amide bonds. The smallest absolute Gasteiger partial charge is 0.223 e. The van der Waals surface area contributed by atoms with Crippen molar-refractivity contribution in [3.63, 3.8) is 0 Å². The first-order valence-electron chi connectivity index (χ1n) is 8.20. The molecule has 0 unspecified atom stereocenters. The van der Waals surface area contributed by atoms with Crippen molar-refractivity contribution in [2.45, 2.75) is 62.9 Å². The summed E-state index contributed by atoms with van der Waals surface area (Å²) in [6.45, 7) is 4.26. The van der Waals surface area contributed by atoms with Crippen LogP contribution in [0, 0.1) is 0 Å². The number of ether oxygens (including phenoxy) is 1. The summed E-state index contributed by atoms with van der Waals surface area (Å²) in [4.78, 5) is 15.9. The van der Waals surface area contributed by atoms with Crippen LogP contribution in [0.25, 0.3) is 0 Å². The molecule has 0 aliphatic heterocycles. The van der Waals surface area contributed by atoms with E-state index in [0.717, 1.165) is 11.5 Å². The Labute approximate surface area is 138 Å². The summed E-state index contributed by atoms with van der Waals surface area (Å²) in [7, 11) is 1.67. The number of nitrogens with zero attached hydrogens (tertiary/aromatic N) is 1. The van der Waals surface area contributed by atoms with Crippen LogP contribution in [0.15, 0.2) is 29.2 Å². The third-order valence-corrected chi connectivity index (χ3v) is 5.22. The van der Waals surface area contributed by atoms with Crippen LogP contribution in [-0.4, -0.2) is 35.8 Å². The largest absolute Gasteiger partial charge is 0.497 e. The van der Waals surface area contributed by atoms with E-state index < -0.39 is 0 Å². The molecular weight excluding hydrogens is 294 g/mol.